The first-order valence-electron chi connectivity index (χ1n) is 4.55. The Morgan fingerprint density at radius 3 is 3.08 bits per heavy atom. The number of hydrogen-bond acceptors (Lipinski definition) is 1. The second-order valence-electron chi connectivity index (χ2n) is 3.06. The number of nitrogens with zero attached hydrogens (tertiary/aromatic N) is 1. The summed E-state index contributed by atoms with van der Waals surface area (Å²) in [6.07, 6.45) is 10.2. The Labute approximate surface area is 79.2 Å². The molecular formula is C11H15NO. The van der Waals surface area contributed by atoms with Crippen molar-refractivity contribution in [3.05, 3.63) is 24.0 Å². The molecule has 0 aliphatic rings. The highest BCUT2D eigenvalue weighted by molar-refractivity contribution is 5.13. The quantitative estimate of drug-likeness (QED) is 0.699. The van der Waals surface area contributed by atoms with Crippen LogP contribution in [0.2, 0.25) is 0 Å². The molecule has 0 fully saturated rings. The van der Waals surface area contributed by atoms with Crippen LogP contribution >= 0.6 is 0 Å². The molecule has 2 heteroatoms. The Balaban J connectivity index is 2.59. The van der Waals surface area contributed by atoms with E-state index in [-0.39, 0.29) is 6.10 Å². The zero-order chi connectivity index (χ0) is 9.68. The average molecular weight is 177 g/mol. The van der Waals surface area contributed by atoms with E-state index < -0.39 is 0 Å². The molecule has 0 spiro atoms. The van der Waals surface area contributed by atoms with Crippen LogP contribution in [0.15, 0.2) is 18.5 Å². The van der Waals surface area contributed by atoms with E-state index in [0.29, 0.717) is 0 Å². The summed E-state index contributed by atoms with van der Waals surface area (Å²) in [7, 11) is 0. The summed E-state index contributed by atoms with van der Waals surface area (Å²) < 4.78 is 2.01. The van der Waals surface area contributed by atoms with E-state index in [9.17, 15) is 5.11 Å². The van der Waals surface area contributed by atoms with Gasteiger partial charge in [-0.15, -0.1) is 12.3 Å². The Bertz CT molecular complexity index is 295. The van der Waals surface area contributed by atoms with Crippen LogP contribution in [0.1, 0.15) is 31.4 Å². The summed E-state index contributed by atoms with van der Waals surface area (Å²) >= 11 is 0. The topological polar surface area (TPSA) is 25.2 Å². The zero-order valence-corrected chi connectivity index (χ0v) is 7.90. The van der Waals surface area contributed by atoms with E-state index in [1.54, 1.807) is 0 Å². The lowest BCUT2D eigenvalue weighted by molar-refractivity contribution is 0.173. The minimum absolute atomic E-state index is 0.341. The molecule has 0 aromatic carbocycles. The molecule has 0 amide bonds. The van der Waals surface area contributed by atoms with Crippen molar-refractivity contribution in [2.45, 2.75) is 32.4 Å². The predicted molar refractivity (Wildman–Crippen MR) is 53.1 cm³/mol. The van der Waals surface area contributed by atoms with Gasteiger partial charge in [-0.05, 0) is 18.1 Å². The van der Waals surface area contributed by atoms with Gasteiger partial charge in [0.05, 0.1) is 6.10 Å². The van der Waals surface area contributed by atoms with Gasteiger partial charge in [-0.3, -0.25) is 0 Å². The number of aromatic nitrogens is 1. The third-order valence-corrected chi connectivity index (χ3v) is 2.06. The molecule has 1 rings (SSSR count). The van der Waals surface area contributed by atoms with Crippen molar-refractivity contribution >= 4 is 0 Å². The summed E-state index contributed by atoms with van der Waals surface area (Å²) in [5.74, 6) is 2.59. The molecule has 70 valence electrons. The summed E-state index contributed by atoms with van der Waals surface area (Å²) in [6.45, 7) is 2.79. The molecule has 0 aliphatic carbocycles. The molecule has 2 nitrogen and oxygen atoms in total. The van der Waals surface area contributed by atoms with Crippen LogP contribution in [-0.4, -0.2) is 9.67 Å². The SMILES string of the molecule is C#CCCn1ccc(C(O)CC)c1. The molecule has 1 aromatic rings. The van der Waals surface area contributed by atoms with Crippen LogP contribution < -0.4 is 0 Å². The molecule has 0 radical (unpaired) electrons. The fraction of sp³-hybridized carbons (Fsp3) is 0.455. The van der Waals surface area contributed by atoms with Gasteiger partial charge in [0.1, 0.15) is 0 Å². The minimum Gasteiger partial charge on any atom is -0.388 e. The number of terminal acetylenes is 1. The Morgan fingerprint density at radius 1 is 1.69 bits per heavy atom. The van der Waals surface area contributed by atoms with Gasteiger partial charge in [-0.2, -0.15) is 0 Å². The lowest BCUT2D eigenvalue weighted by Crippen LogP contribution is -1.95. The summed E-state index contributed by atoms with van der Waals surface area (Å²) in [4.78, 5) is 0. The van der Waals surface area contributed by atoms with Crippen molar-refractivity contribution in [3.8, 4) is 12.3 Å². The van der Waals surface area contributed by atoms with Crippen LogP contribution in [-0.2, 0) is 6.54 Å². The van der Waals surface area contributed by atoms with Gasteiger partial charge in [-0.25, -0.2) is 0 Å². The average Bonchev–Trinajstić information content (AvgIpc) is 2.62. The molecule has 1 unspecified atom stereocenters. The van der Waals surface area contributed by atoms with Crippen LogP contribution in [0.5, 0.6) is 0 Å². The highest BCUT2D eigenvalue weighted by Gasteiger charge is 2.05. The Hall–Kier alpha value is -1.20. The molecule has 1 N–H and O–H groups in total. The molecule has 1 aromatic heterocycles. The van der Waals surface area contributed by atoms with Crippen LogP contribution in [0, 0.1) is 12.3 Å². The van der Waals surface area contributed by atoms with Gasteiger partial charge in [0.25, 0.3) is 0 Å². The monoisotopic (exact) mass is 177 g/mol. The van der Waals surface area contributed by atoms with Crippen LogP contribution in [0.25, 0.3) is 0 Å². The lowest BCUT2D eigenvalue weighted by Gasteiger charge is -2.03. The van der Waals surface area contributed by atoms with E-state index in [1.807, 2.05) is 30.0 Å². The second-order valence-corrected chi connectivity index (χ2v) is 3.06. The first-order chi connectivity index (χ1) is 6.27. The van der Waals surface area contributed by atoms with E-state index in [2.05, 4.69) is 5.92 Å². The molecule has 13 heavy (non-hydrogen) atoms. The molecule has 0 saturated carbocycles. The maximum Gasteiger partial charge on any atom is 0.0802 e. The fourth-order valence-electron chi connectivity index (χ4n) is 1.22. The first-order valence-corrected chi connectivity index (χ1v) is 4.55. The maximum atomic E-state index is 9.51. The van der Waals surface area contributed by atoms with Crippen molar-refractivity contribution in [3.63, 3.8) is 0 Å². The highest BCUT2D eigenvalue weighted by atomic mass is 16.3. The molecule has 0 aliphatic heterocycles. The summed E-state index contributed by atoms with van der Waals surface area (Å²) in [5.41, 5.74) is 0.972. The molecular weight excluding hydrogens is 162 g/mol. The van der Waals surface area contributed by atoms with E-state index in [4.69, 9.17) is 6.42 Å². The van der Waals surface area contributed by atoms with Crippen molar-refractivity contribution in [2.75, 3.05) is 0 Å². The zero-order valence-electron chi connectivity index (χ0n) is 7.90. The van der Waals surface area contributed by atoms with Crippen molar-refractivity contribution in [1.29, 1.82) is 0 Å². The molecule has 0 saturated heterocycles. The molecule has 0 bridgehead atoms. The number of aryl methyl sites for hydroxylation is 1. The first kappa shape index (κ1) is 9.88. The normalized spacial score (nSPS) is 12.4. The van der Waals surface area contributed by atoms with Crippen molar-refractivity contribution < 1.29 is 5.11 Å². The largest absolute Gasteiger partial charge is 0.388 e. The van der Waals surface area contributed by atoms with Crippen LogP contribution in [0.4, 0.5) is 0 Å². The highest BCUT2D eigenvalue weighted by Crippen LogP contribution is 2.16. The van der Waals surface area contributed by atoms with Crippen molar-refractivity contribution in [2.24, 2.45) is 0 Å². The van der Waals surface area contributed by atoms with Gasteiger partial charge >= 0.3 is 0 Å². The summed E-state index contributed by atoms with van der Waals surface area (Å²) in [6, 6.07) is 1.94. The fourth-order valence-corrected chi connectivity index (χ4v) is 1.22. The second kappa shape index (κ2) is 4.74. The third-order valence-electron chi connectivity index (χ3n) is 2.06. The van der Waals surface area contributed by atoms with Gasteiger partial charge in [0, 0.05) is 25.4 Å². The third kappa shape index (κ3) is 2.64. The summed E-state index contributed by atoms with van der Waals surface area (Å²) in [5, 5.41) is 9.51. The Morgan fingerprint density at radius 2 is 2.46 bits per heavy atom. The van der Waals surface area contributed by atoms with Crippen molar-refractivity contribution in [1.82, 2.24) is 4.57 Å². The van der Waals surface area contributed by atoms with Crippen LogP contribution in [0.3, 0.4) is 0 Å². The smallest absolute Gasteiger partial charge is 0.0802 e. The minimum atomic E-state index is -0.341. The number of hydrogen-bond donors (Lipinski definition) is 1. The maximum absolute atomic E-state index is 9.51. The van der Waals surface area contributed by atoms with E-state index in [1.165, 1.54) is 0 Å². The molecule has 1 atom stereocenters. The predicted octanol–water partition coefficient (Wildman–Crippen LogP) is 1.95. The van der Waals surface area contributed by atoms with Gasteiger partial charge in [0.15, 0.2) is 0 Å². The lowest BCUT2D eigenvalue weighted by atomic mass is 10.1. The molecule has 1 heterocycles. The number of aliphatic hydroxyl groups excluding tert-OH is 1. The van der Waals surface area contributed by atoms with E-state index >= 15 is 0 Å². The van der Waals surface area contributed by atoms with Gasteiger partial charge in [0.2, 0.25) is 0 Å². The Kier molecular flexibility index (Phi) is 3.60. The number of aliphatic hydroxyl groups is 1. The van der Waals surface area contributed by atoms with Gasteiger partial charge in [-0.1, -0.05) is 6.92 Å². The van der Waals surface area contributed by atoms with E-state index in [0.717, 1.165) is 24.9 Å². The number of rotatable bonds is 4. The standard InChI is InChI=1S/C11H15NO/c1-3-5-7-12-8-6-10(9-12)11(13)4-2/h1,6,8-9,11,13H,4-5,7H2,2H3. The van der Waals surface area contributed by atoms with Gasteiger partial charge < -0.3 is 9.67 Å².